The van der Waals surface area contributed by atoms with Crippen molar-refractivity contribution in [3.05, 3.63) is 59.2 Å². The van der Waals surface area contributed by atoms with Crippen LogP contribution in [0.4, 0.5) is 22.2 Å². The van der Waals surface area contributed by atoms with Crippen LogP contribution in [-0.4, -0.2) is 39.4 Å². The van der Waals surface area contributed by atoms with Crippen LogP contribution < -0.4 is 31.2 Å². The van der Waals surface area contributed by atoms with Gasteiger partial charge in [-0.15, -0.1) is 0 Å². The van der Waals surface area contributed by atoms with Crippen LogP contribution in [0.15, 0.2) is 48.7 Å². The van der Waals surface area contributed by atoms with E-state index in [2.05, 4.69) is 30.9 Å². The maximum Gasteiger partial charge on any atom is 0.320 e. The number of benzene rings is 2. The van der Waals surface area contributed by atoms with Crippen LogP contribution >= 0.6 is 11.6 Å². The van der Waals surface area contributed by atoms with Gasteiger partial charge in [0.1, 0.15) is 5.82 Å². The van der Waals surface area contributed by atoms with Gasteiger partial charge < -0.3 is 25.8 Å². The van der Waals surface area contributed by atoms with Crippen molar-refractivity contribution in [1.82, 2.24) is 20.3 Å². The Morgan fingerprint density at radius 1 is 1.05 bits per heavy atom. The number of nitrogens with one attached hydrogen (secondary N) is 3. The summed E-state index contributed by atoms with van der Waals surface area (Å²) < 4.78 is 11.3. The molecule has 1 unspecified atom stereocenters. The van der Waals surface area contributed by atoms with Crippen LogP contribution in [0.25, 0.3) is 22.2 Å². The Labute approximate surface area is 224 Å². The number of fused-ring (bicyclic) bond motifs is 2. The van der Waals surface area contributed by atoms with E-state index >= 15 is 0 Å². The van der Waals surface area contributed by atoms with E-state index in [4.69, 9.17) is 26.8 Å². The third-order valence-corrected chi connectivity index (χ3v) is 5.93. The topological polar surface area (TPSA) is 136 Å². The molecule has 5 rings (SSSR count). The van der Waals surface area contributed by atoms with Crippen molar-refractivity contribution < 1.29 is 14.3 Å². The Balaban J connectivity index is 1.50. The first-order chi connectivity index (χ1) is 18.1. The number of nitrogens with zero attached hydrogens (tertiary/aromatic N) is 3. The standard InChI is InChI=1S/C27H28ClN7O3/c1-14-5-7-17(19(28)9-14)18-10-15-13-30-25(31-16-6-8-20-21(11-16)38-22(12-29)37-20)33-23(15)32-24(18)34-26(36)35-27(2,3)4/h5-11,13,22H,12,29H2,1-4H3,(H3,30,31,32,33,34,35,36). The molecule has 0 bridgehead atoms. The molecule has 0 fully saturated rings. The number of hydrogen-bond acceptors (Lipinski definition) is 8. The van der Waals surface area contributed by atoms with Gasteiger partial charge in [0, 0.05) is 45.0 Å². The molecular formula is C27H28ClN7O3. The number of ether oxygens (including phenoxy) is 2. The summed E-state index contributed by atoms with van der Waals surface area (Å²) in [7, 11) is 0. The fraction of sp³-hybridized carbons (Fsp3) is 0.259. The van der Waals surface area contributed by atoms with Crippen molar-refractivity contribution in [3.8, 4) is 22.6 Å². The number of aromatic nitrogens is 3. The molecule has 5 N–H and O–H groups in total. The summed E-state index contributed by atoms with van der Waals surface area (Å²) in [5.74, 6) is 1.86. The van der Waals surface area contributed by atoms with E-state index in [-0.39, 0.29) is 6.54 Å². The number of anilines is 3. The Kier molecular flexibility index (Phi) is 6.68. The highest BCUT2D eigenvalue weighted by molar-refractivity contribution is 6.33. The van der Waals surface area contributed by atoms with Gasteiger partial charge in [-0.25, -0.2) is 14.8 Å². The fourth-order valence-corrected chi connectivity index (χ4v) is 4.29. The average molecular weight is 534 g/mol. The second-order valence-electron chi connectivity index (χ2n) is 9.99. The maximum atomic E-state index is 12.8. The minimum Gasteiger partial charge on any atom is -0.450 e. The van der Waals surface area contributed by atoms with E-state index in [9.17, 15) is 4.79 Å². The second kappa shape index (κ2) is 9.96. The molecule has 1 aliphatic heterocycles. The van der Waals surface area contributed by atoms with E-state index in [0.29, 0.717) is 50.6 Å². The normalized spacial score (nSPS) is 14.4. The number of halogens is 1. The van der Waals surface area contributed by atoms with Gasteiger partial charge in [0.25, 0.3) is 6.29 Å². The van der Waals surface area contributed by atoms with Gasteiger partial charge in [0.15, 0.2) is 17.1 Å². The van der Waals surface area contributed by atoms with Crippen LogP contribution in [0.2, 0.25) is 5.02 Å². The molecule has 11 heteroatoms. The minimum atomic E-state index is -0.501. The molecular weight excluding hydrogens is 506 g/mol. The van der Waals surface area contributed by atoms with Gasteiger partial charge in [-0.2, -0.15) is 4.98 Å². The summed E-state index contributed by atoms with van der Waals surface area (Å²) in [4.78, 5) is 26.5. The molecule has 2 aromatic heterocycles. The van der Waals surface area contributed by atoms with Crippen LogP contribution in [0.1, 0.15) is 26.3 Å². The molecule has 1 atom stereocenters. The minimum absolute atomic E-state index is 0.247. The lowest BCUT2D eigenvalue weighted by molar-refractivity contribution is 0.0581. The maximum absolute atomic E-state index is 12.8. The van der Waals surface area contributed by atoms with Crippen molar-refractivity contribution in [2.45, 2.75) is 39.5 Å². The van der Waals surface area contributed by atoms with Gasteiger partial charge in [0.05, 0.1) is 6.54 Å². The summed E-state index contributed by atoms with van der Waals surface area (Å²) in [6, 6.07) is 12.6. The predicted molar refractivity (Wildman–Crippen MR) is 148 cm³/mol. The summed E-state index contributed by atoms with van der Waals surface area (Å²) >= 11 is 6.58. The van der Waals surface area contributed by atoms with Crippen molar-refractivity contribution in [3.63, 3.8) is 0 Å². The zero-order chi connectivity index (χ0) is 27.0. The van der Waals surface area contributed by atoms with Crippen molar-refractivity contribution in [2.75, 3.05) is 17.2 Å². The van der Waals surface area contributed by atoms with Crippen molar-refractivity contribution >= 4 is 46.1 Å². The second-order valence-corrected chi connectivity index (χ2v) is 10.4. The Hall–Kier alpha value is -4.15. The molecule has 1 aliphatic rings. The van der Waals surface area contributed by atoms with Crippen LogP contribution in [0.5, 0.6) is 11.5 Å². The van der Waals surface area contributed by atoms with Crippen LogP contribution in [-0.2, 0) is 0 Å². The summed E-state index contributed by atoms with van der Waals surface area (Å²) in [5, 5.41) is 10.1. The van der Waals surface area contributed by atoms with Gasteiger partial charge in [-0.05, 0) is 57.5 Å². The van der Waals surface area contributed by atoms with Crippen molar-refractivity contribution in [2.24, 2.45) is 5.73 Å². The molecule has 196 valence electrons. The summed E-state index contributed by atoms with van der Waals surface area (Å²) in [6.45, 7) is 7.90. The van der Waals surface area contributed by atoms with Gasteiger partial charge in [-0.1, -0.05) is 23.7 Å². The van der Waals surface area contributed by atoms with E-state index in [1.165, 1.54) is 0 Å². The highest BCUT2D eigenvalue weighted by Gasteiger charge is 2.23. The van der Waals surface area contributed by atoms with Gasteiger partial charge >= 0.3 is 6.03 Å². The first-order valence-electron chi connectivity index (χ1n) is 12.1. The number of carbonyl (C=O) groups excluding carboxylic acids is 1. The van der Waals surface area contributed by atoms with Crippen LogP contribution in [0, 0.1) is 6.92 Å². The molecule has 0 aliphatic carbocycles. The predicted octanol–water partition coefficient (Wildman–Crippen LogP) is 5.37. The smallest absolute Gasteiger partial charge is 0.320 e. The number of carbonyl (C=O) groups is 1. The molecule has 3 heterocycles. The lowest BCUT2D eigenvalue weighted by atomic mass is 10.0. The number of rotatable bonds is 5. The van der Waals surface area contributed by atoms with E-state index in [1.54, 1.807) is 18.3 Å². The van der Waals surface area contributed by atoms with Gasteiger partial charge in [0.2, 0.25) is 5.95 Å². The molecule has 2 aromatic carbocycles. The number of urea groups is 1. The third kappa shape index (κ3) is 5.56. The van der Waals surface area contributed by atoms with E-state index in [1.807, 2.05) is 58.0 Å². The largest absolute Gasteiger partial charge is 0.450 e. The summed E-state index contributed by atoms with van der Waals surface area (Å²) in [6.07, 6.45) is 1.17. The highest BCUT2D eigenvalue weighted by Crippen LogP contribution is 2.38. The quantitative estimate of drug-likeness (QED) is 0.268. The molecule has 0 spiro atoms. The number of hydrogen-bond donors (Lipinski definition) is 4. The Morgan fingerprint density at radius 3 is 2.58 bits per heavy atom. The van der Waals surface area contributed by atoms with Crippen LogP contribution in [0.3, 0.4) is 0 Å². The van der Waals surface area contributed by atoms with Crippen molar-refractivity contribution in [1.29, 1.82) is 0 Å². The fourth-order valence-electron chi connectivity index (χ4n) is 3.95. The van der Waals surface area contributed by atoms with Gasteiger partial charge in [-0.3, -0.25) is 5.32 Å². The molecule has 2 amide bonds. The monoisotopic (exact) mass is 533 g/mol. The SMILES string of the molecule is Cc1ccc(-c2cc3cnc(Nc4ccc5c(c4)OC(CN)O5)nc3nc2NC(=O)NC(C)(C)C)c(Cl)c1. The Bertz CT molecular complexity index is 1540. The molecule has 0 saturated heterocycles. The first-order valence-corrected chi connectivity index (χ1v) is 12.4. The van der Waals surface area contributed by atoms with E-state index in [0.717, 1.165) is 11.1 Å². The summed E-state index contributed by atoms with van der Waals surface area (Å²) in [5.41, 5.74) is 8.70. The number of aryl methyl sites for hydroxylation is 1. The molecule has 0 radical (unpaired) electrons. The number of amides is 2. The highest BCUT2D eigenvalue weighted by atomic mass is 35.5. The third-order valence-electron chi connectivity index (χ3n) is 5.61. The average Bonchev–Trinajstić information content (AvgIpc) is 3.25. The number of pyridine rings is 1. The Morgan fingerprint density at radius 2 is 1.84 bits per heavy atom. The number of nitrogens with two attached hydrogens (primary N) is 1. The lowest BCUT2D eigenvalue weighted by Crippen LogP contribution is -2.43. The first kappa shape index (κ1) is 25.5. The molecule has 10 nitrogen and oxygen atoms in total. The molecule has 4 aromatic rings. The lowest BCUT2D eigenvalue weighted by Gasteiger charge is -2.21. The molecule has 0 saturated carbocycles. The zero-order valence-electron chi connectivity index (χ0n) is 21.4. The van der Waals surface area contributed by atoms with E-state index < -0.39 is 17.9 Å². The molecule has 38 heavy (non-hydrogen) atoms. The zero-order valence-corrected chi connectivity index (χ0v) is 22.2.